The molecule has 0 heterocycles. The lowest BCUT2D eigenvalue weighted by Crippen LogP contribution is -2.20. The van der Waals surface area contributed by atoms with Gasteiger partial charge in [-0.1, -0.05) is 12.1 Å². The molecule has 0 aliphatic heterocycles. The molecule has 0 aromatic heterocycles. The molecule has 5 N–H and O–H groups in total. The first-order valence-electron chi connectivity index (χ1n) is 6.70. The third-order valence-electron chi connectivity index (χ3n) is 3.25. The van der Waals surface area contributed by atoms with Gasteiger partial charge in [0.15, 0.2) is 0 Å². The van der Waals surface area contributed by atoms with E-state index in [1.54, 1.807) is 36.4 Å². The summed E-state index contributed by atoms with van der Waals surface area (Å²) in [6, 6.07) is 9.63. The number of primary amides is 1. The normalized spacial score (nSPS) is 10.0. The molecular formula is C16H17N3O4. The Morgan fingerprint density at radius 3 is 2.09 bits per heavy atom. The zero-order valence-corrected chi connectivity index (χ0v) is 12.8. The van der Waals surface area contributed by atoms with Crippen molar-refractivity contribution in [2.45, 2.75) is 0 Å². The van der Waals surface area contributed by atoms with Crippen LogP contribution in [0.15, 0.2) is 36.4 Å². The molecule has 7 heteroatoms. The molecular weight excluding hydrogens is 298 g/mol. The molecule has 0 saturated carbocycles. The fourth-order valence-electron chi connectivity index (χ4n) is 2.21. The first-order valence-corrected chi connectivity index (χ1v) is 6.70. The molecule has 2 amide bonds. The minimum atomic E-state index is -0.717. The van der Waals surface area contributed by atoms with Gasteiger partial charge in [-0.2, -0.15) is 0 Å². The second-order valence-corrected chi connectivity index (χ2v) is 4.63. The van der Waals surface area contributed by atoms with E-state index in [2.05, 4.69) is 5.32 Å². The number of hydrogen-bond donors (Lipinski definition) is 3. The molecule has 0 aliphatic rings. The minimum Gasteiger partial charge on any atom is -0.496 e. The Morgan fingerprint density at radius 1 is 0.957 bits per heavy atom. The third-order valence-corrected chi connectivity index (χ3v) is 3.25. The average Bonchev–Trinajstić information content (AvgIpc) is 2.53. The van der Waals surface area contributed by atoms with Crippen molar-refractivity contribution in [1.29, 1.82) is 0 Å². The van der Waals surface area contributed by atoms with Crippen LogP contribution >= 0.6 is 0 Å². The summed E-state index contributed by atoms with van der Waals surface area (Å²) in [5, 5.41) is 2.62. The topological polar surface area (TPSA) is 117 Å². The second kappa shape index (κ2) is 6.69. The van der Waals surface area contributed by atoms with Gasteiger partial charge in [0.05, 0.1) is 19.9 Å². The monoisotopic (exact) mass is 315 g/mol. The summed E-state index contributed by atoms with van der Waals surface area (Å²) >= 11 is 0. The van der Waals surface area contributed by atoms with Crippen molar-refractivity contribution in [1.82, 2.24) is 0 Å². The predicted octanol–water partition coefficient (Wildman–Crippen LogP) is 1.64. The number of hydrogen-bond acceptors (Lipinski definition) is 5. The first kappa shape index (κ1) is 16.2. The van der Waals surface area contributed by atoms with E-state index in [4.69, 9.17) is 20.9 Å². The highest BCUT2D eigenvalue weighted by Gasteiger charge is 2.20. The summed E-state index contributed by atoms with van der Waals surface area (Å²) < 4.78 is 10.3. The maximum Gasteiger partial charge on any atom is 0.261 e. The van der Waals surface area contributed by atoms with Crippen LogP contribution in [0.3, 0.4) is 0 Å². The van der Waals surface area contributed by atoms with E-state index in [0.29, 0.717) is 5.75 Å². The Morgan fingerprint density at radius 2 is 1.52 bits per heavy atom. The van der Waals surface area contributed by atoms with Crippen molar-refractivity contribution in [3.05, 3.63) is 47.5 Å². The van der Waals surface area contributed by atoms with E-state index in [1.807, 2.05) is 0 Å². The molecule has 0 saturated heterocycles. The Balaban J connectivity index is 2.45. The van der Waals surface area contributed by atoms with Crippen LogP contribution in [0.2, 0.25) is 0 Å². The fourth-order valence-corrected chi connectivity index (χ4v) is 2.21. The number of carbonyl (C=O) groups is 2. The summed E-state index contributed by atoms with van der Waals surface area (Å²) in [5.74, 6) is -0.643. The van der Waals surface area contributed by atoms with Crippen molar-refractivity contribution in [3.63, 3.8) is 0 Å². The third kappa shape index (κ3) is 3.18. The molecule has 2 aromatic rings. The van der Waals surface area contributed by atoms with Crippen LogP contribution in [0.1, 0.15) is 20.7 Å². The minimum absolute atomic E-state index is 0.0804. The standard InChI is InChI=1S/C16H17N3O4/c1-22-11-7-3-5-9(17)13(11)16(21)19-10-6-4-8-12(23-2)14(10)15(18)20/h3-8H,17H2,1-2H3,(H2,18,20)(H,19,21). The van der Waals surface area contributed by atoms with Gasteiger partial charge in [0, 0.05) is 5.69 Å². The SMILES string of the molecule is COc1cccc(N)c1C(=O)Nc1cccc(OC)c1C(N)=O. The van der Waals surface area contributed by atoms with E-state index >= 15 is 0 Å². The number of nitrogens with one attached hydrogen (secondary N) is 1. The number of methoxy groups -OCH3 is 2. The number of carbonyl (C=O) groups excluding carboxylic acids is 2. The van der Waals surface area contributed by atoms with Crippen LogP contribution in [-0.2, 0) is 0 Å². The Hall–Kier alpha value is -3.22. The highest BCUT2D eigenvalue weighted by molar-refractivity contribution is 6.13. The van der Waals surface area contributed by atoms with Crippen molar-refractivity contribution < 1.29 is 19.1 Å². The molecule has 0 radical (unpaired) electrons. The lowest BCUT2D eigenvalue weighted by Gasteiger charge is -2.14. The van der Waals surface area contributed by atoms with Gasteiger partial charge in [-0.15, -0.1) is 0 Å². The van der Waals surface area contributed by atoms with Gasteiger partial charge < -0.3 is 26.3 Å². The summed E-state index contributed by atoms with van der Waals surface area (Å²) in [4.78, 5) is 24.2. The smallest absolute Gasteiger partial charge is 0.261 e. The van der Waals surface area contributed by atoms with Crippen molar-refractivity contribution >= 4 is 23.2 Å². The maximum absolute atomic E-state index is 12.5. The highest BCUT2D eigenvalue weighted by Crippen LogP contribution is 2.29. The Bertz CT molecular complexity index is 759. The number of nitrogens with two attached hydrogens (primary N) is 2. The number of anilines is 2. The van der Waals surface area contributed by atoms with E-state index in [-0.39, 0.29) is 28.3 Å². The molecule has 0 unspecified atom stereocenters. The maximum atomic E-state index is 12.5. The zero-order chi connectivity index (χ0) is 17.0. The summed E-state index contributed by atoms with van der Waals surface area (Å²) in [7, 11) is 2.84. The molecule has 0 aliphatic carbocycles. The van der Waals surface area contributed by atoms with Gasteiger partial charge in [-0.25, -0.2) is 0 Å². The summed E-state index contributed by atoms with van der Waals surface area (Å²) in [5.41, 5.74) is 12.0. The molecule has 2 aromatic carbocycles. The Kier molecular flexibility index (Phi) is 4.70. The molecule has 0 atom stereocenters. The van der Waals surface area contributed by atoms with E-state index in [0.717, 1.165) is 0 Å². The van der Waals surface area contributed by atoms with Gasteiger partial charge in [0.2, 0.25) is 0 Å². The van der Waals surface area contributed by atoms with E-state index in [1.165, 1.54) is 14.2 Å². The van der Waals surface area contributed by atoms with E-state index in [9.17, 15) is 9.59 Å². The van der Waals surface area contributed by atoms with Crippen LogP contribution in [0.5, 0.6) is 11.5 Å². The van der Waals surface area contributed by atoms with Crippen molar-refractivity contribution in [3.8, 4) is 11.5 Å². The van der Waals surface area contributed by atoms with E-state index < -0.39 is 11.8 Å². The second-order valence-electron chi connectivity index (χ2n) is 4.63. The van der Waals surface area contributed by atoms with Gasteiger partial charge in [-0.3, -0.25) is 9.59 Å². The number of ether oxygens (including phenoxy) is 2. The molecule has 2 rings (SSSR count). The molecule has 120 valence electrons. The molecule has 0 spiro atoms. The lowest BCUT2D eigenvalue weighted by molar-refractivity contribution is 0.0998. The highest BCUT2D eigenvalue weighted by atomic mass is 16.5. The van der Waals surface area contributed by atoms with Crippen molar-refractivity contribution in [2.75, 3.05) is 25.3 Å². The van der Waals surface area contributed by atoms with Gasteiger partial charge in [0.1, 0.15) is 22.6 Å². The molecule has 7 nitrogen and oxygen atoms in total. The Labute approximate surface area is 133 Å². The average molecular weight is 315 g/mol. The summed E-state index contributed by atoms with van der Waals surface area (Å²) in [6.45, 7) is 0. The quantitative estimate of drug-likeness (QED) is 0.725. The van der Waals surface area contributed by atoms with Crippen molar-refractivity contribution in [2.24, 2.45) is 5.73 Å². The number of benzene rings is 2. The fraction of sp³-hybridized carbons (Fsp3) is 0.125. The summed E-state index contributed by atoms with van der Waals surface area (Å²) in [6.07, 6.45) is 0. The number of amides is 2. The molecule has 0 bridgehead atoms. The largest absolute Gasteiger partial charge is 0.496 e. The number of rotatable bonds is 5. The van der Waals surface area contributed by atoms with Gasteiger partial charge >= 0.3 is 0 Å². The van der Waals surface area contributed by atoms with Gasteiger partial charge in [-0.05, 0) is 24.3 Å². The lowest BCUT2D eigenvalue weighted by atomic mass is 10.1. The first-order chi connectivity index (χ1) is 11.0. The van der Waals surface area contributed by atoms with Crippen LogP contribution in [-0.4, -0.2) is 26.0 Å². The van der Waals surface area contributed by atoms with Crippen LogP contribution in [0, 0.1) is 0 Å². The number of nitrogen functional groups attached to an aromatic ring is 1. The van der Waals surface area contributed by atoms with Crippen LogP contribution in [0.25, 0.3) is 0 Å². The zero-order valence-electron chi connectivity index (χ0n) is 12.8. The van der Waals surface area contributed by atoms with Gasteiger partial charge in [0.25, 0.3) is 11.8 Å². The molecule has 23 heavy (non-hydrogen) atoms. The molecule has 0 fully saturated rings. The van der Waals surface area contributed by atoms with Crippen LogP contribution in [0.4, 0.5) is 11.4 Å². The van der Waals surface area contributed by atoms with Crippen LogP contribution < -0.4 is 26.3 Å². The predicted molar refractivity (Wildman–Crippen MR) is 86.9 cm³/mol.